The molecule has 0 aromatic rings. The average Bonchev–Trinajstić information content (AvgIpc) is 2.53. The molecule has 0 heterocycles. The van der Waals surface area contributed by atoms with Crippen molar-refractivity contribution in [2.75, 3.05) is 33.7 Å². The zero-order valence-corrected chi connectivity index (χ0v) is 13.1. The second-order valence-electron chi connectivity index (χ2n) is 6.86. The van der Waals surface area contributed by atoms with Crippen LogP contribution in [0.4, 0.5) is 0 Å². The molecule has 1 rings (SSSR count). The highest BCUT2D eigenvalue weighted by Gasteiger charge is 2.31. The number of nitrogens with zero attached hydrogens (tertiary/aromatic N) is 1. The maximum absolute atomic E-state index is 3.45. The van der Waals surface area contributed by atoms with Crippen molar-refractivity contribution in [1.29, 1.82) is 0 Å². The van der Waals surface area contributed by atoms with Gasteiger partial charge in [-0.05, 0) is 51.2 Å². The van der Waals surface area contributed by atoms with Crippen molar-refractivity contribution in [2.45, 2.75) is 58.8 Å². The van der Waals surface area contributed by atoms with Gasteiger partial charge < -0.3 is 10.2 Å². The van der Waals surface area contributed by atoms with Crippen LogP contribution < -0.4 is 5.32 Å². The van der Waals surface area contributed by atoms with Crippen LogP contribution in [0.5, 0.6) is 0 Å². The molecule has 1 aliphatic rings. The van der Waals surface area contributed by atoms with Crippen molar-refractivity contribution >= 4 is 0 Å². The highest BCUT2D eigenvalue weighted by molar-refractivity contribution is 4.86. The first-order chi connectivity index (χ1) is 8.58. The molecular formula is C16H34N2. The number of nitrogens with one attached hydrogen (secondary N) is 1. The monoisotopic (exact) mass is 254 g/mol. The minimum absolute atomic E-state index is 0.539. The highest BCUT2D eigenvalue weighted by Crippen LogP contribution is 2.35. The van der Waals surface area contributed by atoms with Gasteiger partial charge in [0.05, 0.1) is 0 Å². The zero-order valence-electron chi connectivity index (χ0n) is 13.1. The third-order valence-electron chi connectivity index (χ3n) is 4.41. The van der Waals surface area contributed by atoms with E-state index in [0.717, 1.165) is 5.92 Å². The standard InChI is InChI=1S/C16H34N2/c1-15(2)9-12-18(4)14-16(13-17-3)10-7-5-6-8-11-16/h15,17H,5-14H2,1-4H3. The molecule has 18 heavy (non-hydrogen) atoms. The molecule has 0 saturated heterocycles. The Labute approximate surface area is 115 Å². The fourth-order valence-electron chi connectivity index (χ4n) is 3.37. The van der Waals surface area contributed by atoms with Crippen LogP contribution in [0.15, 0.2) is 0 Å². The van der Waals surface area contributed by atoms with Crippen LogP contribution in [-0.4, -0.2) is 38.6 Å². The van der Waals surface area contributed by atoms with E-state index in [-0.39, 0.29) is 0 Å². The Hall–Kier alpha value is -0.0800. The first kappa shape index (κ1) is 16.0. The van der Waals surface area contributed by atoms with Crippen molar-refractivity contribution < 1.29 is 0 Å². The van der Waals surface area contributed by atoms with E-state index < -0.39 is 0 Å². The summed E-state index contributed by atoms with van der Waals surface area (Å²) in [5, 5.41) is 3.45. The van der Waals surface area contributed by atoms with Gasteiger partial charge in [0.15, 0.2) is 0 Å². The summed E-state index contributed by atoms with van der Waals surface area (Å²) in [4.78, 5) is 2.57. The summed E-state index contributed by atoms with van der Waals surface area (Å²) in [6.07, 6.45) is 9.91. The molecule has 0 aromatic carbocycles. The van der Waals surface area contributed by atoms with E-state index in [0.29, 0.717) is 5.41 Å². The van der Waals surface area contributed by atoms with Crippen LogP contribution in [0.25, 0.3) is 0 Å². The molecule has 0 radical (unpaired) electrons. The van der Waals surface area contributed by atoms with Gasteiger partial charge in [-0.1, -0.05) is 39.5 Å². The minimum atomic E-state index is 0.539. The largest absolute Gasteiger partial charge is 0.319 e. The molecule has 0 spiro atoms. The molecule has 108 valence electrons. The normalized spacial score (nSPS) is 20.3. The van der Waals surface area contributed by atoms with Crippen molar-refractivity contribution in [3.8, 4) is 0 Å². The van der Waals surface area contributed by atoms with E-state index in [4.69, 9.17) is 0 Å². The molecule has 0 aliphatic heterocycles. The van der Waals surface area contributed by atoms with Crippen molar-refractivity contribution in [1.82, 2.24) is 10.2 Å². The van der Waals surface area contributed by atoms with Crippen LogP contribution in [0, 0.1) is 11.3 Å². The summed E-state index contributed by atoms with van der Waals surface area (Å²) in [5.41, 5.74) is 0.539. The lowest BCUT2D eigenvalue weighted by Crippen LogP contribution is -2.42. The number of rotatable bonds is 7. The predicted molar refractivity (Wildman–Crippen MR) is 81.0 cm³/mol. The summed E-state index contributed by atoms with van der Waals surface area (Å²) in [5.74, 6) is 0.821. The Balaban J connectivity index is 2.49. The van der Waals surface area contributed by atoms with Gasteiger partial charge in [0.1, 0.15) is 0 Å². The molecule has 1 aliphatic carbocycles. The van der Waals surface area contributed by atoms with E-state index in [2.05, 4.69) is 38.2 Å². The summed E-state index contributed by atoms with van der Waals surface area (Å²) < 4.78 is 0. The molecule has 0 aromatic heterocycles. The maximum atomic E-state index is 3.45. The van der Waals surface area contributed by atoms with Gasteiger partial charge in [0.2, 0.25) is 0 Å². The van der Waals surface area contributed by atoms with Crippen molar-refractivity contribution in [3.05, 3.63) is 0 Å². The summed E-state index contributed by atoms with van der Waals surface area (Å²) in [6.45, 7) is 8.37. The van der Waals surface area contributed by atoms with Gasteiger partial charge in [-0.15, -0.1) is 0 Å². The Kier molecular flexibility index (Phi) is 7.25. The Bertz CT molecular complexity index is 205. The Morgan fingerprint density at radius 3 is 2.22 bits per heavy atom. The van der Waals surface area contributed by atoms with E-state index in [9.17, 15) is 0 Å². The lowest BCUT2D eigenvalue weighted by atomic mass is 9.79. The van der Waals surface area contributed by atoms with E-state index in [1.165, 1.54) is 64.6 Å². The lowest BCUT2D eigenvalue weighted by molar-refractivity contribution is 0.145. The molecule has 0 bridgehead atoms. The SMILES string of the molecule is CNCC1(CN(C)CCC(C)C)CCCCCC1. The molecule has 1 saturated carbocycles. The third-order valence-corrected chi connectivity index (χ3v) is 4.41. The van der Waals surface area contributed by atoms with Gasteiger partial charge in [0.25, 0.3) is 0 Å². The van der Waals surface area contributed by atoms with Gasteiger partial charge in [0, 0.05) is 13.1 Å². The maximum Gasteiger partial charge on any atom is 0.00471 e. The molecule has 0 atom stereocenters. The van der Waals surface area contributed by atoms with Crippen LogP contribution in [0.3, 0.4) is 0 Å². The Morgan fingerprint density at radius 1 is 1.11 bits per heavy atom. The molecule has 1 fully saturated rings. The smallest absolute Gasteiger partial charge is 0.00471 e. The topological polar surface area (TPSA) is 15.3 Å². The summed E-state index contributed by atoms with van der Waals surface area (Å²) >= 11 is 0. The van der Waals surface area contributed by atoms with Crippen molar-refractivity contribution in [3.63, 3.8) is 0 Å². The highest BCUT2D eigenvalue weighted by atomic mass is 15.1. The minimum Gasteiger partial charge on any atom is -0.319 e. The summed E-state index contributed by atoms with van der Waals surface area (Å²) in [7, 11) is 4.42. The molecular weight excluding hydrogens is 220 g/mol. The third kappa shape index (κ3) is 5.71. The molecule has 0 unspecified atom stereocenters. The van der Waals surface area contributed by atoms with Crippen LogP contribution in [0.2, 0.25) is 0 Å². The van der Waals surface area contributed by atoms with Crippen molar-refractivity contribution in [2.24, 2.45) is 11.3 Å². The average molecular weight is 254 g/mol. The number of hydrogen-bond donors (Lipinski definition) is 1. The molecule has 2 heteroatoms. The van der Waals surface area contributed by atoms with Crippen LogP contribution in [-0.2, 0) is 0 Å². The van der Waals surface area contributed by atoms with Crippen LogP contribution in [0.1, 0.15) is 58.8 Å². The first-order valence-electron chi connectivity index (χ1n) is 7.91. The zero-order chi connectivity index (χ0) is 13.4. The summed E-state index contributed by atoms with van der Waals surface area (Å²) in [6, 6.07) is 0. The van der Waals surface area contributed by atoms with E-state index >= 15 is 0 Å². The second-order valence-corrected chi connectivity index (χ2v) is 6.86. The van der Waals surface area contributed by atoms with Crippen LogP contribution >= 0.6 is 0 Å². The predicted octanol–water partition coefficient (Wildman–Crippen LogP) is 3.52. The molecule has 1 N–H and O–H groups in total. The van der Waals surface area contributed by atoms with Gasteiger partial charge in [-0.2, -0.15) is 0 Å². The Morgan fingerprint density at radius 2 is 1.72 bits per heavy atom. The lowest BCUT2D eigenvalue weighted by Gasteiger charge is -2.37. The fourth-order valence-corrected chi connectivity index (χ4v) is 3.37. The number of hydrogen-bond acceptors (Lipinski definition) is 2. The second kappa shape index (κ2) is 8.16. The molecule has 0 amide bonds. The molecule has 2 nitrogen and oxygen atoms in total. The first-order valence-corrected chi connectivity index (χ1v) is 7.91. The quantitative estimate of drug-likeness (QED) is 0.699. The fraction of sp³-hybridized carbons (Fsp3) is 1.00. The van der Waals surface area contributed by atoms with Gasteiger partial charge in [-0.25, -0.2) is 0 Å². The van der Waals surface area contributed by atoms with E-state index in [1.54, 1.807) is 0 Å². The van der Waals surface area contributed by atoms with Gasteiger partial charge in [-0.3, -0.25) is 0 Å². The van der Waals surface area contributed by atoms with Gasteiger partial charge >= 0.3 is 0 Å². The van der Waals surface area contributed by atoms with E-state index in [1.807, 2.05) is 0 Å².